The zero-order valence-electron chi connectivity index (χ0n) is 16.7. The molecule has 0 radical (unpaired) electrons. The van der Waals surface area contributed by atoms with E-state index in [0.29, 0.717) is 11.3 Å². The lowest BCUT2D eigenvalue weighted by molar-refractivity contribution is -0.120. The van der Waals surface area contributed by atoms with E-state index in [2.05, 4.69) is 31.4 Å². The standard InChI is InChI=1S/C23H17BrFN3O4/c24-19-9-14(5-8-20(19)25)10-21(26-30)23-22(27-32-28-23)12-17(29)13-31-18-7-6-15-3-1-2-4-16(15)11-18/h1-9,11,30H,10,12-13H2/b26-21+. The topological polar surface area (TPSA) is 97.8 Å². The first-order valence-corrected chi connectivity index (χ1v) is 10.4. The highest BCUT2D eigenvalue weighted by atomic mass is 79.9. The van der Waals surface area contributed by atoms with Crippen LogP contribution in [0.25, 0.3) is 10.8 Å². The second-order valence-electron chi connectivity index (χ2n) is 7.04. The number of nitrogens with zero attached hydrogens (tertiary/aromatic N) is 3. The molecule has 0 spiro atoms. The molecule has 162 valence electrons. The SMILES string of the molecule is O=C(COc1ccc2ccccc2c1)Cc1nonc1/C(Cc1ccc(F)c(Br)c1)=N/O. The number of ketones is 1. The molecule has 0 fully saturated rings. The molecule has 1 N–H and O–H groups in total. The van der Waals surface area contributed by atoms with Crippen molar-refractivity contribution in [2.24, 2.45) is 5.16 Å². The van der Waals surface area contributed by atoms with Crippen LogP contribution >= 0.6 is 15.9 Å². The van der Waals surface area contributed by atoms with Crippen molar-refractivity contribution in [3.05, 3.63) is 87.9 Å². The third-order valence-corrected chi connectivity index (χ3v) is 5.40. The number of carbonyl (C=O) groups is 1. The molecule has 0 saturated heterocycles. The summed E-state index contributed by atoms with van der Waals surface area (Å²) in [6.45, 7) is -0.166. The maximum absolute atomic E-state index is 13.5. The first-order valence-electron chi connectivity index (χ1n) is 9.63. The molecule has 4 aromatic rings. The monoisotopic (exact) mass is 497 g/mol. The van der Waals surface area contributed by atoms with E-state index in [4.69, 9.17) is 9.37 Å². The maximum atomic E-state index is 13.5. The third-order valence-electron chi connectivity index (χ3n) is 4.79. The van der Waals surface area contributed by atoms with Gasteiger partial charge >= 0.3 is 0 Å². The van der Waals surface area contributed by atoms with Crippen molar-refractivity contribution in [3.63, 3.8) is 0 Å². The van der Waals surface area contributed by atoms with Crippen molar-refractivity contribution in [1.29, 1.82) is 0 Å². The Bertz CT molecular complexity index is 1310. The van der Waals surface area contributed by atoms with Crippen LogP contribution in [-0.2, 0) is 17.6 Å². The molecular weight excluding hydrogens is 481 g/mol. The Morgan fingerprint density at radius 1 is 1.06 bits per heavy atom. The number of rotatable bonds is 8. The molecule has 0 aliphatic carbocycles. The highest BCUT2D eigenvalue weighted by Gasteiger charge is 2.20. The smallest absolute Gasteiger partial charge is 0.176 e. The molecular formula is C23H17BrFN3O4. The number of benzene rings is 3. The fraction of sp³-hybridized carbons (Fsp3) is 0.130. The average Bonchev–Trinajstić information content (AvgIpc) is 3.26. The van der Waals surface area contributed by atoms with Gasteiger partial charge in [0.25, 0.3) is 0 Å². The van der Waals surface area contributed by atoms with Crippen LogP contribution in [0.1, 0.15) is 17.0 Å². The first-order chi connectivity index (χ1) is 15.5. The minimum absolute atomic E-state index is 0.113. The van der Waals surface area contributed by atoms with Gasteiger partial charge < -0.3 is 9.94 Å². The van der Waals surface area contributed by atoms with Crippen molar-refractivity contribution >= 4 is 38.2 Å². The van der Waals surface area contributed by atoms with Gasteiger partial charge in [0.1, 0.15) is 29.6 Å². The summed E-state index contributed by atoms with van der Waals surface area (Å²) in [5.74, 6) is -0.0796. The van der Waals surface area contributed by atoms with Gasteiger partial charge in [-0.05, 0) is 61.7 Å². The molecule has 0 amide bonds. The normalized spacial score (nSPS) is 11.6. The van der Waals surface area contributed by atoms with E-state index in [1.165, 1.54) is 6.07 Å². The second-order valence-corrected chi connectivity index (χ2v) is 7.90. The molecule has 0 saturated carbocycles. The molecule has 0 atom stereocenters. The molecule has 32 heavy (non-hydrogen) atoms. The van der Waals surface area contributed by atoms with Crippen LogP contribution in [0.2, 0.25) is 0 Å². The summed E-state index contributed by atoms with van der Waals surface area (Å²) in [5, 5.41) is 22.4. The Hall–Kier alpha value is -3.59. The molecule has 0 unspecified atom stereocenters. The highest BCUT2D eigenvalue weighted by molar-refractivity contribution is 9.10. The molecule has 1 aromatic heterocycles. The predicted molar refractivity (Wildman–Crippen MR) is 119 cm³/mol. The van der Waals surface area contributed by atoms with Gasteiger partial charge in [0.15, 0.2) is 11.5 Å². The van der Waals surface area contributed by atoms with Gasteiger partial charge in [0, 0.05) is 6.42 Å². The molecule has 7 nitrogen and oxygen atoms in total. The van der Waals surface area contributed by atoms with Gasteiger partial charge in [-0.15, -0.1) is 0 Å². The lowest BCUT2D eigenvalue weighted by atomic mass is 10.0. The molecule has 9 heteroatoms. The molecule has 0 bridgehead atoms. The Morgan fingerprint density at radius 2 is 1.88 bits per heavy atom. The van der Waals surface area contributed by atoms with Crippen LogP contribution in [0.5, 0.6) is 5.75 Å². The van der Waals surface area contributed by atoms with Gasteiger partial charge in [-0.1, -0.05) is 46.7 Å². The van der Waals surface area contributed by atoms with Crippen LogP contribution in [0, 0.1) is 5.82 Å². The fourth-order valence-electron chi connectivity index (χ4n) is 3.21. The second kappa shape index (κ2) is 9.69. The van der Waals surface area contributed by atoms with Crippen molar-refractivity contribution in [1.82, 2.24) is 10.3 Å². The fourth-order valence-corrected chi connectivity index (χ4v) is 3.64. The van der Waals surface area contributed by atoms with Crippen LogP contribution in [-0.4, -0.2) is 33.6 Å². The molecule has 0 aliphatic heterocycles. The highest BCUT2D eigenvalue weighted by Crippen LogP contribution is 2.21. The summed E-state index contributed by atoms with van der Waals surface area (Å²) >= 11 is 3.12. The average molecular weight is 498 g/mol. The lowest BCUT2D eigenvalue weighted by Crippen LogP contribution is -2.17. The summed E-state index contributed by atoms with van der Waals surface area (Å²) in [5.41, 5.74) is 1.20. The van der Waals surface area contributed by atoms with Gasteiger partial charge in [0.05, 0.1) is 10.9 Å². The third kappa shape index (κ3) is 5.00. The Morgan fingerprint density at radius 3 is 2.66 bits per heavy atom. The van der Waals surface area contributed by atoms with Gasteiger partial charge in [-0.25, -0.2) is 9.02 Å². The number of oxime groups is 1. The van der Waals surface area contributed by atoms with Crippen LogP contribution in [0.15, 0.2) is 74.9 Å². The zero-order valence-corrected chi connectivity index (χ0v) is 18.3. The van der Waals surface area contributed by atoms with E-state index in [1.807, 2.05) is 36.4 Å². The van der Waals surface area contributed by atoms with Crippen molar-refractivity contribution < 1.29 is 23.8 Å². The van der Waals surface area contributed by atoms with Gasteiger partial charge in [0.2, 0.25) is 0 Å². The van der Waals surface area contributed by atoms with Crippen molar-refractivity contribution in [3.8, 4) is 5.75 Å². The number of hydrogen-bond donors (Lipinski definition) is 1. The number of aromatic nitrogens is 2. The number of halogens is 2. The minimum atomic E-state index is -0.406. The predicted octanol–water partition coefficient (Wildman–Crippen LogP) is 4.74. The van der Waals surface area contributed by atoms with Crippen molar-refractivity contribution in [2.75, 3.05) is 6.61 Å². The number of carbonyl (C=O) groups excluding carboxylic acids is 1. The van der Waals surface area contributed by atoms with E-state index in [0.717, 1.165) is 10.8 Å². The van der Waals surface area contributed by atoms with Crippen LogP contribution in [0.4, 0.5) is 4.39 Å². The Labute approximate surface area is 190 Å². The van der Waals surface area contributed by atoms with E-state index in [1.54, 1.807) is 18.2 Å². The summed E-state index contributed by atoms with van der Waals surface area (Å²) < 4.78 is 24.1. The van der Waals surface area contributed by atoms with E-state index in [-0.39, 0.29) is 46.8 Å². The largest absolute Gasteiger partial charge is 0.486 e. The first kappa shape index (κ1) is 21.6. The number of hydrogen-bond acceptors (Lipinski definition) is 7. The van der Waals surface area contributed by atoms with Crippen molar-refractivity contribution in [2.45, 2.75) is 12.8 Å². The molecule has 3 aromatic carbocycles. The summed E-state index contributed by atoms with van der Waals surface area (Å²) in [7, 11) is 0. The lowest BCUT2D eigenvalue weighted by Gasteiger charge is -2.07. The van der Waals surface area contributed by atoms with Crippen LogP contribution < -0.4 is 4.74 Å². The van der Waals surface area contributed by atoms with E-state index >= 15 is 0 Å². The Kier molecular flexibility index (Phi) is 6.55. The van der Waals surface area contributed by atoms with E-state index in [9.17, 15) is 14.4 Å². The number of ether oxygens (including phenoxy) is 1. The molecule has 4 rings (SSSR count). The molecule has 1 heterocycles. The summed E-state index contributed by atoms with van der Waals surface area (Å²) in [4.78, 5) is 12.5. The number of Topliss-reactive ketones (excluding diaryl/α,β-unsaturated/α-hetero) is 1. The summed E-state index contributed by atoms with van der Waals surface area (Å²) in [6.07, 6.45) is 0.0247. The van der Waals surface area contributed by atoms with Crippen LogP contribution in [0.3, 0.4) is 0 Å². The Balaban J connectivity index is 1.41. The van der Waals surface area contributed by atoms with Gasteiger partial charge in [-0.2, -0.15) is 0 Å². The minimum Gasteiger partial charge on any atom is -0.486 e. The summed E-state index contributed by atoms with van der Waals surface area (Å²) in [6, 6.07) is 17.9. The van der Waals surface area contributed by atoms with E-state index < -0.39 is 5.82 Å². The number of fused-ring (bicyclic) bond motifs is 1. The zero-order chi connectivity index (χ0) is 22.5. The van der Waals surface area contributed by atoms with Gasteiger partial charge in [-0.3, -0.25) is 4.79 Å². The molecule has 0 aliphatic rings. The quantitative estimate of drug-likeness (QED) is 0.214. The maximum Gasteiger partial charge on any atom is 0.176 e.